The minimum atomic E-state index is -4.94. The lowest BCUT2D eigenvalue weighted by Crippen LogP contribution is -2.17. The number of hydrogen-bond donors (Lipinski definition) is 2. The Morgan fingerprint density at radius 3 is 1.74 bits per heavy atom. The Balaban J connectivity index is 3.41. The molecule has 1 rings (SSSR count). The largest absolute Gasteiger partial charge is 0.416 e. The van der Waals surface area contributed by atoms with Crippen LogP contribution in [-0.4, -0.2) is 11.4 Å². The molecule has 0 radical (unpaired) electrons. The normalized spacial score (nSPS) is 14.9. The van der Waals surface area contributed by atoms with Gasteiger partial charge in [-0.2, -0.15) is 26.3 Å². The molecule has 0 aliphatic heterocycles. The van der Waals surface area contributed by atoms with E-state index in [9.17, 15) is 26.3 Å². The Morgan fingerprint density at radius 2 is 1.42 bits per heavy atom. The Labute approximate surface area is 103 Å². The molecular weight excluding hydrogens is 278 g/mol. The van der Waals surface area contributed by atoms with Crippen LogP contribution in [0.1, 0.15) is 22.7 Å². The fourth-order valence-corrected chi connectivity index (χ4v) is 1.33. The smallest absolute Gasteiger partial charge is 0.411 e. The van der Waals surface area contributed by atoms with Crippen molar-refractivity contribution in [3.63, 3.8) is 0 Å². The highest BCUT2D eigenvalue weighted by atomic mass is 19.4. The van der Waals surface area contributed by atoms with E-state index in [1.165, 1.54) is 0 Å². The molecule has 0 spiro atoms. The van der Waals surface area contributed by atoms with Crippen molar-refractivity contribution >= 4 is 6.21 Å². The molecule has 0 aliphatic carbocycles. The van der Waals surface area contributed by atoms with E-state index in [1.54, 1.807) is 0 Å². The number of alkyl halides is 6. The molecule has 106 valence electrons. The lowest BCUT2D eigenvalue weighted by molar-refractivity contribution is -0.143. The molecule has 0 fully saturated rings. The van der Waals surface area contributed by atoms with E-state index < -0.39 is 35.1 Å². The van der Waals surface area contributed by atoms with Crippen molar-refractivity contribution in [1.29, 1.82) is 0 Å². The molecule has 3 N–H and O–H groups in total. The lowest BCUT2D eigenvalue weighted by atomic mass is 10.0. The number of nitrogens with zero attached hydrogens (tertiary/aromatic N) is 1. The Morgan fingerprint density at radius 1 is 1.00 bits per heavy atom. The van der Waals surface area contributed by atoms with Gasteiger partial charge in [0.1, 0.15) is 0 Å². The fourth-order valence-electron chi connectivity index (χ4n) is 1.33. The van der Waals surface area contributed by atoms with Gasteiger partial charge in [0.25, 0.3) is 0 Å². The van der Waals surface area contributed by atoms with Crippen LogP contribution in [0.3, 0.4) is 0 Å². The second-order valence-electron chi connectivity index (χ2n) is 3.63. The van der Waals surface area contributed by atoms with Crippen LogP contribution in [0, 0.1) is 0 Å². The molecule has 0 aliphatic rings. The van der Waals surface area contributed by atoms with Crippen molar-refractivity contribution in [1.82, 2.24) is 0 Å². The van der Waals surface area contributed by atoms with E-state index >= 15 is 0 Å². The van der Waals surface area contributed by atoms with Gasteiger partial charge >= 0.3 is 12.4 Å². The van der Waals surface area contributed by atoms with Crippen molar-refractivity contribution in [3.05, 3.63) is 34.9 Å². The van der Waals surface area contributed by atoms with Gasteiger partial charge in [0.05, 0.1) is 23.4 Å². The minimum absolute atomic E-state index is 0.00763. The summed E-state index contributed by atoms with van der Waals surface area (Å²) in [4.78, 5) is 0. The third-order valence-corrected chi connectivity index (χ3v) is 2.22. The van der Waals surface area contributed by atoms with Crippen molar-refractivity contribution in [2.75, 3.05) is 0 Å². The first-order chi connectivity index (χ1) is 8.55. The van der Waals surface area contributed by atoms with E-state index in [2.05, 4.69) is 5.16 Å². The SMILES string of the molecule is N[C@@H](/C=N\O)c1cc(C(F)(F)F)cc(C(F)(F)F)c1. The summed E-state index contributed by atoms with van der Waals surface area (Å²) < 4.78 is 75.0. The van der Waals surface area contributed by atoms with Crippen LogP contribution < -0.4 is 5.73 Å². The summed E-state index contributed by atoms with van der Waals surface area (Å²) >= 11 is 0. The molecule has 0 bridgehead atoms. The van der Waals surface area contributed by atoms with E-state index in [0.29, 0.717) is 18.3 Å². The molecule has 0 saturated carbocycles. The van der Waals surface area contributed by atoms with Crippen molar-refractivity contribution < 1.29 is 31.5 Å². The maximum atomic E-state index is 12.5. The summed E-state index contributed by atoms with van der Waals surface area (Å²) in [5, 5.41) is 10.7. The maximum Gasteiger partial charge on any atom is 0.416 e. The average Bonchev–Trinajstić information content (AvgIpc) is 2.26. The zero-order valence-electron chi connectivity index (χ0n) is 9.13. The van der Waals surface area contributed by atoms with Crippen LogP contribution in [0.2, 0.25) is 0 Å². The number of oxime groups is 1. The molecule has 19 heavy (non-hydrogen) atoms. The molecule has 0 heterocycles. The standard InChI is InChI=1S/C10H8F6N2O/c11-9(12,13)6-1-5(8(17)4-18-19)2-7(3-6)10(14,15)16/h1-4,8,19H,17H2/b18-4-/t8-/m0/s1. The maximum absolute atomic E-state index is 12.5. The van der Waals surface area contributed by atoms with Gasteiger partial charge in [0.15, 0.2) is 0 Å². The molecule has 0 unspecified atom stereocenters. The van der Waals surface area contributed by atoms with Crippen molar-refractivity contribution in [2.24, 2.45) is 10.9 Å². The van der Waals surface area contributed by atoms with E-state index in [0.717, 1.165) is 0 Å². The topological polar surface area (TPSA) is 58.6 Å². The summed E-state index contributed by atoms with van der Waals surface area (Å²) in [7, 11) is 0. The zero-order chi connectivity index (χ0) is 14.8. The van der Waals surface area contributed by atoms with E-state index in [4.69, 9.17) is 10.9 Å². The van der Waals surface area contributed by atoms with E-state index in [-0.39, 0.29) is 6.07 Å². The second kappa shape index (κ2) is 5.08. The summed E-state index contributed by atoms with van der Waals surface area (Å²) in [5.41, 5.74) is 1.88. The van der Waals surface area contributed by atoms with Crippen molar-refractivity contribution in [2.45, 2.75) is 18.4 Å². The van der Waals surface area contributed by atoms with Gasteiger partial charge in [-0.3, -0.25) is 0 Å². The molecule has 0 amide bonds. The van der Waals surface area contributed by atoms with Gasteiger partial charge in [-0.05, 0) is 23.8 Å². The number of hydrogen-bond acceptors (Lipinski definition) is 3. The van der Waals surface area contributed by atoms with Crippen LogP contribution in [-0.2, 0) is 12.4 Å². The predicted octanol–water partition coefficient (Wildman–Crippen LogP) is 3.18. The molecule has 1 aromatic rings. The highest BCUT2D eigenvalue weighted by Crippen LogP contribution is 2.37. The summed E-state index contributed by atoms with van der Waals surface area (Å²) in [6, 6.07) is -0.441. The average molecular weight is 286 g/mol. The lowest BCUT2D eigenvalue weighted by Gasteiger charge is -2.15. The Hall–Kier alpha value is -1.77. The summed E-state index contributed by atoms with van der Waals surface area (Å²) in [6.45, 7) is 0. The Kier molecular flexibility index (Phi) is 4.09. The zero-order valence-corrected chi connectivity index (χ0v) is 9.13. The molecule has 1 atom stereocenters. The molecule has 9 heteroatoms. The van der Waals surface area contributed by atoms with Crippen LogP contribution in [0.5, 0.6) is 0 Å². The van der Waals surface area contributed by atoms with E-state index in [1.807, 2.05) is 0 Å². The molecular formula is C10H8F6N2O. The number of nitrogens with two attached hydrogens (primary N) is 1. The van der Waals surface area contributed by atoms with Gasteiger partial charge in [-0.1, -0.05) is 0 Å². The quantitative estimate of drug-likeness (QED) is 0.379. The van der Waals surface area contributed by atoms with Crippen LogP contribution in [0.15, 0.2) is 23.4 Å². The molecule has 0 saturated heterocycles. The summed E-state index contributed by atoms with van der Waals surface area (Å²) in [6.07, 6.45) is -9.26. The highest BCUT2D eigenvalue weighted by molar-refractivity contribution is 5.66. The third kappa shape index (κ3) is 3.85. The first kappa shape index (κ1) is 15.3. The Bertz CT molecular complexity index is 448. The molecule has 1 aromatic carbocycles. The van der Waals surface area contributed by atoms with Gasteiger partial charge < -0.3 is 10.9 Å². The van der Waals surface area contributed by atoms with Gasteiger partial charge in [-0.15, -0.1) is 5.16 Å². The van der Waals surface area contributed by atoms with Crippen LogP contribution in [0.4, 0.5) is 26.3 Å². The van der Waals surface area contributed by atoms with Crippen LogP contribution in [0.25, 0.3) is 0 Å². The second-order valence-corrected chi connectivity index (χ2v) is 3.63. The predicted molar refractivity (Wildman–Crippen MR) is 53.7 cm³/mol. The fraction of sp³-hybridized carbons (Fsp3) is 0.300. The molecule has 3 nitrogen and oxygen atoms in total. The molecule has 0 aromatic heterocycles. The minimum Gasteiger partial charge on any atom is -0.411 e. The van der Waals surface area contributed by atoms with Crippen molar-refractivity contribution in [3.8, 4) is 0 Å². The number of benzene rings is 1. The van der Waals surface area contributed by atoms with Crippen LogP contribution >= 0.6 is 0 Å². The van der Waals surface area contributed by atoms with Gasteiger partial charge in [0, 0.05) is 0 Å². The first-order valence-electron chi connectivity index (χ1n) is 4.78. The summed E-state index contributed by atoms with van der Waals surface area (Å²) in [5.74, 6) is 0. The number of rotatable bonds is 2. The first-order valence-corrected chi connectivity index (χ1v) is 4.78. The van der Waals surface area contributed by atoms with Gasteiger partial charge in [-0.25, -0.2) is 0 Å². The number of halogens is 6. The third-order valence-electron chi connectivity index (χ3n) is 2.22. The van der Waals surface area contributed by atoms with Gasteiger partial charge in [0.2, 0.25) is 0 Å². The highest BCUT2D eigenvalue weighted by Gasteiger charge is 2.37. The monoisotopic (exact) mass is 286 g/mol.